The Hall–Kier alpha value is -2.73. The van der Waals surface area contributed by atoms with E-state index in [0.717, 1.165) is 12.0 Å². The Labute approximate surface area is 151 Å². The van der Waals surface area contributed by atoms with Crippen LogP contribution in [-0.2, 0) is 9.53 Å². The molecule has 0 spiro atoms. The van der Waals surface area contributed by atoms with Gasteiger partial charge in [0, 0.05) is 30.8 Å². The van der Waals surface area contributed by atoms with Gasteiger partial charge in [-0.1, -0.05) is 30.3 Å². The number of anilines is 1. The van der Waals surface area contributed by atoms with E-state index in [9.17, 15) is 14.0 Å². The second-order valence-corrected chi connectivity index (χ2v) is 6.30. The Bertz CT molecular complexity index is 809. The number of carbonyl (C=O) groups excluding carboxylic acids is 2. The molecule has 2 N–H and O–H groups in total. The molecule has 2 aromatic carbocycles. The van der Waals surface area contributed by atoms with Crippen molar-refractivity contribution in [2.75, 3.05) is 11.9 Å². The zero-order chi connectivity index (χ0) is 18.5. The highest BCUT2D eigenvalue weighted by Gasteiger charge is 2.26. The van der Waals surface area contributed by atoms with E-state index in [0.29, 0.717) is 18.7 Å². The van der Waals surface area contributed by atoms with Gasteiger partial charge in [0.1, 0.15) is 5.82 Å². The second-order valence-electron chi connectivity index (χ2n) is 6.30. The lowest BCUT2D eigenvalue weighted by atomic mass is 9.96. The molecular formula is C20H21FN2O3. The number of ether oxygens (including phenoxy) is 1. The summed E-state index contributed by atoms with van der Waals surface area (Å²) in [6.45, 7) is 2.01. The number of benzene rings is 2. The summed E-state index contributed by atoms with van der Waals surface area (Å²) in [6, 6.07) is 13.2. The largest absolute Gasteiger partial charge is 0.373 e. The summed E-state index contributed by atoms with van der Waals surface area (Å²) in [7, 11) is 0. The third kappa shape index (κ3) is 4.26. The number of hydrogen-bond donors (Lipinski definition) is 2. The van der Waals surface area contributed by atoms with Crippen LogP contribution >= 0.6 is 0 Å². The standard InChI is InChI=1S/C20H21FN2O3/c1-13(24)22-14-10-11-26-19(12-14)16-7-3-5-9-18(16)23-20(25)15-6-2-4-8-17(15)21/h2-9,14,19H,10-12H2,1H3,(H,22,24)(H,23,25)/t14-,19+/m1/s1. The molecule has 1 aliphatic heterocycles. The fourth-order valence-electron chi connectivity index (χ4n) is 3.16. The monoisotopic (exact) mass is 356 g/mol. The van der Waals surface area contributed by atoms with Crippen molar-refractivity contribution in [3.05, 3.63) is 65.5 Å². The number of rotatable bonds is 4. The lowest BCUT2D eigenvalue weighted by Crippen LogP contribution is -2.38. The number of amides is 2. The van der Waals surface area contributed by atoms with E-state index in [1.165, 1.54) is 25.1 Å². The predicted molar refractivity (Wildman–Crippen MR) is 96.3 cm³/mol. The van der Waals surface area contributed by atoms with E-state index in [2.05, 4.69) is 10.6 Å². The summed E-state index contributed by atoms with van der Waals surface area (Å²) < 4.78 is 19.7. The van der Waals surface area contributed by atoms with Gasteiger partial charge in [0.15, 0.2) is 0 Å². The summed E-state index contributed by atoms with van der Waals surface area (Å²) in [5.41, 5.74) is 1.38. The zero-order valence-electron chi connectivity index (χ0n) is 14.5. The maximum atomic E-state index is 13.8. The molecule has 2 aromatic rings. The fourth-order valence-corrected chi connectivity index (χ4v) is 3.16. The van der Waals surface area contributed by atoms with Crippen LogP contribution < -0.4 is 10.6 Å². The third-order valence-electron chi connectivity index (χ3n) is 4.37. The van der Waals surface area contributed by atoms with Gasteiger partial charge in [-0.15, -0.1) is 0 Å². The molecule has 1 aliphatic rings. The summed E-state index contributed by atoms with van der Waals surface area (Å²) in [5, 5.41) is 5.69. The first-order valence-corrected chi connectivity index (χ1v) is 8.58. The van der Waals surface area contributed by atoms with Gasteiger partial charge in [-0.05, 0) is 31.0 Å². The average Bonchev–Trinajstić information content (AvgIpc) is 2.62. The lowest BCUT2D eigenvalue weighted by Gasteiger charge is -2.31. The average molecular weight is 356 g/mol. The number of halogens is 1. The highest BCUT2D eigenvalue weighted by atomic mass is 19.1. The Kier molecular flexibility index (Phi) is 5.63. The molecule has 3 rings (SSSR count). The van der Waals surface area contributed by atoms with Gasteiger partial charge < -0.3 is 15.4 Å². The number of nitrogens with one attached hydrogen (secondary N) is 2. The summed E-state index contributed by atoms with van der Waals surface area (Å²) in [6.07, 6.45) is 1.11. The van der Waals surface area contributed by atoms with Crippen LogP contribution in [0.3, 0.4) is 0 Å². The number of carbonyl (C=O) groups is 2. The Morgan fingerprint density at radius 2 is 1.85 bits per heavy atom. The molecule has 136 valence electrons. The van der Waals surface area contributed by atoms with Crippen LogP contribution in [0.4, 0.5) is 10.1 Å². The van der Waals surface area contributed by atoms with Gasteiger partial charge in [0.25, 0.3) is 5.91 Å². The van der Waals surface area contributed by atoms with Gasteiger partial charge in [0.2, 0.25) is 5.91 Å². The summed E-state index contributed by atoms with van der Waals surface area (Å²) >= 11 is 0. The summed E-state index contributed by atoms with van der Waals surface area (Å²) in [4.78, 5) is 23.7. The minimum Gasteiger partial charge on any atom is -0.373 e. The molecule has 1 heterocycles. The van der Waals surface area contributed by atoms with Crippen molar-refractivity contribution >= 4 is 17.5 Å². The highest BCUT2D eigenvalue weighted by molar-refractivity contribution is 6.04. The van der Waals surface area contributed by atoms with Crippen molar-refractivity contribution in [2.45, 2.75) is 31.9 Å². The lowest BCUT2D eigenvalue weighted by molar-refractivity contribution is -0.120. The van der Waals surface area contributed by atoms with Gasteiger partial charge in [-0.25, -0.2) is 4.39 Å². The molecule has 0 aliphatic carbocycles. The molecule has 0 radical (unpaired) electrons. The van der Waals surface area contributed by atoms with Gasteiger partial charge in [-0.3, -0.25) is 9.59 Å². The number of para-hydroxylation sites is 1. The van der Waals surface area contributed by atoms with E-state index >= 15 is 0 Å². The van der Waals surface area contributed by atoms with Crippen molar-refractivity contribution in [3.63, 3.8) is 0 Å². The third-order valence-corrected chi connectivity index (χ3v) is 4.37. The highest BCUT2D eigenvalue weighted by Crippen LogP contribution is 2.33. The minimum absolute atomic E-state index is 0.0111. The van der Waals surface area contributed by atoms with Crippen LogP contribution in [-0.4, -0.2) is 24.5 Å². The van der Waals surface area contributed by atoms with Crippen molar-refractivity contribution in [2.24, 2.45) is 0 Å². The molecule has 26 heavy (non-hydrogen) atoms. The van der Waals surface area contributed by atoms with E-state index in [1.807, 2.05) is 12.1 Å². The fraction of sp³-hybridized carbons (Fsp3) is 0.300. The van der Waals surface area contributed by atoms with Crippen molar-refractivity contribution in [1.29, 1.82) is 0 Å². The topological polar surface area (TPSA) is 67.4 Å². The first kappa shape index (κ1) is 18.1. The molecule has 0 bridgehead atoms. The maximum absolute atomic E-state index is 13.8. The van der Waals surface area contributed by atoms with Crippen LogP contribution in [0.25, 0.3) is 0 Å². The molecule has 6 heteroatoms. The molecule has 0 aromatic heterocycles. The Morgan fingerprint density at radius 1 is 1.12 bits per heavy atom. The van der Waals surface area contributed by atoms with Gasteiger partial charge in [0.05, 0.1) is 11.7 Å². The molecule has 5 nitrogen and oxygen atoms in total. The quantitative estimate of drug-likeness (QED) is 0.882. The molecule has 0 saturated carbocycles. The van der Waals surface area contributed by atoms with Crippen molar-refractivity contribution < 1.29 is 18.7 Å². The van der Waals surface area contributed by atoms with Crippen LogP contribution in [0.5, 0.6) is 0 Å². The zero-order valence-corrected chi connectivity index (χ0v) is 14.5. The van der Waals surface area contributed by atoms with Crippen molar-refractivity contribution in [1.82, 2.24) is 5.32 Å². The van der Waals surface area contributed by atoms with E-state index in [-0.39, 0.29) is 23.6 Å². The molecule has 2 amide bonds. The SMILES string of the molecule is CC(=O)N[C@@H]1CCO[C@H](c2ccccc2NC(=O)c2ccccc2F)C1. The summed E-state index contributed by atoms with van der Waals surface area (Å²) in [5.74, 6) is -1.15. The van der Waals surface area contributed by atoms with E-state index in [4.69, 9.17) is 4.74 Å². The normalized spacial score (nSPS) is 19.6. The molecule has 1 saturated heterocycles. The maximum Gasteiger partial charge on any atom is 0.258 e. The Balaban J connectivity index is 1.79. The molecule has 0 unspecified atom stereocenters. The van der Waals surface area contributed by atoms with E-state index in [1.54, 1.807) is 18.2 Å². The smallest absolute Gasteiger partial charge is 0.258 e. The van der Waals surface area contributed by atoms with E-state index < -0.39 is 11.7 Å². The molecular weight excluding hydrogens is 335 g/mol. The Morgan fingerprint density at radius 3 is 2.62 bits per heavy atom. The van der Waals surface area contributed by atoms with Crippen LogP contribution in [0.1, 0.15) is 41.8 Å². The first-order valence-electron chi connectivity index (χ1n) is 8.58. The van der Waals surface area contributed by atoms with Crippen LogP contribution in [0.15, 0.2) is 48.5 Å². The molecule has 2 atom stereocenters. The van der Waals surface area contributed by atoms with Gasteiger partial charge in [-0.2, -0.15) is 0 Å². The van der Waals surface area contributed by atoms with Gasteiger partial charge >= 0.3 is 0 Å². The van der Waals surface area contributed by atoms with Crippen LogP contribution in [0, 0.1) is 5.82 Å². The predicted octanol–water partition coefficient (Wildman–Crippen LogP) is 3.43. The number of hydrogen-bond acceptors (Lipinski definition) is 3. The minimum atomic E-state index is -0.567. The second kappa shape index (κ2) is 8.10. The van der Waals surface area contributed by atoms with Crippen molar-refractivity contribution in [3.8, 4) is 0 Å². The molecule has 1 fully saturated rings. The first-order chi connectivity index (χ1) is 12.5. The van der Waals surface area contributed by atoms with Crippen LogP contribution in [0.2, 0.25) is 0 Å².